The Balaban J connectivity index is 1.72. The lowest BCUT2D eigenvalue weighted by Gasteiger charge is -2.23. The Hall–Kier alpha value is -0.870. The molecular weight excluding hydrogens is 214 g/mol. The Kier molecular flexibility index (Phi) is 3.84. The van der Waals surface area contributed by atoms with Crippen LogP contribution in [0.4, 0.5) is 0 Å². The minimum atomic E-state index is 0.170. The van der Waals surface area contributed by atoms with Crippen molar-refractivity contribution in [1.29, 1.82) is 0 Å². The predicted molar refractivity (Wildman–Crippen MR) is 67.9 cm³/mol. The van der Waals surface area contributed by atoms with Crippen LogP contribution in [0.2, 0.25) is 0 Å². The van der Waals surface area contributed by atoms with Crippen molar-refractivity contribution in [2.45, 2.75) is 57.9 Å². The lowest BCUT2D eigenvalue weighted by atomic mass is 10.1. The largest absolute Gasteiger partial charge is 0.372 e. The van der Waals surface area contributed by atoms with Crippen LogP contribution in [0.3, 0.4) is 0 Å². The standard InChI is InChI=1S/C13H23N3O/c1-13(2,3)14-9-11-5-6-12(17-11)10-16-8-4-7-15-16/h4,7-8,11-12,14H,5-6,9-10H2,1-3H3. The maximum atomic E-state index is 6.01. The number of hydrogen-bond acceptors (Lipinski definition) is 3. The third-order valence-corrected chi connectivity index (χ3v) is 3.01. The van der Waals surface area contributed by atoms with Gasteiger partial charge in [-0.2, -0.15) is 5.10 Å². The summed E-state index contributed by atoms with van der Waals surface area (Å²) >= 11 is 0. The Morgan fingerprint density at radius 2 is 2.12 bits per heavy atom. The SMILES string of the molecule is CC(C)(C)NCC1CCC(Cn2cccn2)O1. The summed E-state index contributed by atoms with van der Waals surface area (Å²) in [5.41, 5.74) is 0.170. The van der Waals surface area contributed by atoms with Crippen molar-refractivity contribution in [2.24, 2.45) is 0 Å². The highest BCUT2D eigenvalue weighted by molar-refractivity contribution is 4.82. The molecule has 1 aromatic rings. The first-order chi connectivity index (χ1) is 8.03. The molecular formula is C13H23N3O. The summed E-state index contributed by atoms with van der Waals surface area (Å²) in [6.45, 7) is 8.37. The summed E-state index contributed by atoms with van der Waals surface area (Å²) in [7, 11) is 0. The normalized spacial score (nSPS) is 25.4. The Morgan fingerprint density at radius 3 is 2.76 bits per heavy atom. The Bertz CT molecular complexity index is 329. The second-order valence-corrected chi connectivity index (χ2v) is 5.82. The fourth-order valence-electron chi connectivity index (χ4n) is 2.10. The highest BCUT2D eigenvalue weighted by Gasteiger charge is 2.26. The molecule has 4 heteroatoms. The topological polar surface area (TPSA) is 39.1 Å². The quantitative estimate of drug-likeness (QED) is 0.868. The molecule has 96 valence electrons. The van der Waals surface area contributed by atoms with Crippen molar-refractivity contribution in [1.82, 2.24) is 15.1 Å². The van der Waals surface area contributed by atoms with Gasteiger partial charge in [-0.3, -0.25) is 4.68 Å². The van der Waals surface area contributed by atoms with E-state index < -0.39 is 0 Å². The van der Waals surface area contributed by atoms with Gasteiger partial charge in [0.25, 0.3) is 0 Å². The molecule has 2 rings (SSSR count). The number of nitrogens with zero attached hydrogens (tertiary/aromatic N) is 2. The van der Waals surface area contributed by atoms with Gasteiger partial charge in [-0.05, 0) is 39.7 Å². The summed E-state index contributed by atoms with van der Waals surface area (Å²) in [6, 6.07) is 1.95. The molecule has 1 N–H and O–H groups in total. The molecule has 0 amide bonds. The van der Waals surface area contributed by atoms with Gasteiger partial charge in [0.1, 0.15) is 0 Å². The van der Waals surface area contributed by atoms with Crippen LogP contribution < -0.4 is 5.32 Å². The molecule has 0 spiro atoms. The average Bonchev–Trinajstić information content (AvgIpc) is 2.86. The molecule has 0 bridgehead atoms. The van der Waals surface area contributed by atoms with Crippen LogP contribution in [-0.4, -0.2) is 34.1 Å². The molecule has 17 heavy (non-hydrogen) atoms. The molecule has 0 aromatic carbocycles. The van der Waals surface area contributed by atoms with Crippen LogP contribution in [0.15, 0.2) is 18.5 Å². The lowest BCUT2D eigenvalue weighted by Crippen LogP contribution is -2.41. The van der Waals surface area contributed by atoms with Crippen molar-refractivity contribution in [3.05, 3.63) is 18.5 Å². The van der Waals surface area contributed by atoms with E-state index in [-0.39, 0.29) is 5.54 Å². The highest BCUT2D eigenvalue weighted by Crippen LogP contribution is 2.20. The van der Waals surface area contributed by atoms with Gasteiger partial charge in [0.15, 0.2) is 0 Å². The maximum absolute atomic E-state index is 6.01. The van der Waals surface area contributed by atoms with Gasteiger partial charge < -0.3 is 10.1 Å². The molecule has 1 saturated heterocycles. The van der Waals surface area contributed by atoms with Gasteiger partial charge in [-0.25, -0.2) is 0 Å². The van der Waals surface area contributed by atoms with Crippen LogP contribution in [0.25, 0.3) is 0 Å². The van der Waals surface area contributed by atoms with Crippen LogP contribution in [0, 0.1) is 0 Å². The van der Waals surface area contributed by atoms with Crippen molar-refractivity contribution >= 4 is 0 Å². The molecule has 2 atom stereocenters. The average molecular weight is 237 g/mol. The number of nitrogens with one attached hydrogen (secondary N) is 1. The van der Waals surface area contributed by atoms with E-state index in [0.29, 0.717) is 12.2 Å². The molecule has 1 fully saturated rings. The van der Waals surface area contributed by atoms with E-state index in [4.69, 9.17) is 4.74 Å². The fraction of sp³-hybridized carbons (Fsp3) is 0.769. The van der Waals surface area contributed by atoms with Gasteiger partial charge in [-0.15, -0.1) is 0 Å². The Labute approximate surface area is 103 Å². The molecule has 4 nitrogen and oxygen atoms in total. The van der Waals surface area contributed by atoms with Gasteiger partial charge in [0.2, 0.25) is 0 Å². The molecule has 0 saturated carbocycles. The third kappa shape index (κ3) is 4.13. The second-order valence-electron chi connectivity index (χ2n) is 5.82. The smallest absolute Gasteiger partial charge is 0.0776 e. The Morgan fingerprint density at radius 1 is 1.35 bits per heavy atom. The van der Waals surface area contributed by atoms with Gasteiger partial charge in [-0.1, -0.05) is 0 Å². The lowest BCUT2D eigenvalue weighted by molar-refractivity contribution is 0.0312. The molecule has 1 aliphatic heterocycles. The first-order valence-corrected chi connectivity index (χ1v) is 6.41. The van der Waals surface area contributed by atoms with Crippen molar-refractivity contribution in [3.63, 3.8) is 0 Å². The van der Waals surface area contributed by atoms with E-state index in [0.717, 1.165) is 25.9 Å². The number of aromatic nitrogens is 2. The monoisotopic (exact) mass is 237 g/mol. The van der Waals surface area contributed by atoms with Gasteiger partial charge in [0.05, 0.1) is 18.8 Å². The predicted octanol–water partition coefficient (Wildman–Crippen LogP) is 1.82. The summed E-state index contributed by atoms with van der Waals surface area (Å²) in [5.74, 6) is 0. The van der Waals surface area contributed by atoms with Gasteiger partial charge in [0, 0.05) is 24.5 Å². The summed E-state index contributed by atoms with van der Waals surface area (Å²) < 4.78 is 7.96. The van der Waals surface area contributed by atoms with E-state index in [9.17, 15) is 0 Å². The van der Waals surface area contributed by atoms with Crippen LogP contribution in [0.5, 0.6) is 0 Å². The first kappa shape index (κ1) is 12.6. The van der Waals surface area contributed by atoms with Crippen LogP contribution in [-0.2, 0) is 11.3 Å². The third-order valence-electron chi connectivity index (χ3n) is 3.01. The molecule has 2 heterocycles. The molecule has 2 unspecified atom stereocenters. The van der Waals surface area contributed by atoms with Crippen molar-refractivity contribution < 1.29 is 4.74 Å². The zero-order valence-corrected chi connectivity index (χ0v) is 11.0. The van der Waals surface area contributed by atoms with E-state index in [1.165, 1.54) is 0 Å². The number of ether oxygens (including phenoxy) is 1. The van der Waals surface area contributed by atoms with E-state index in [2.05, 4.69) is 31.2 Å². The molecule has 0 radical (unpaired) electrons. The van der Waals surface area contributed by atoms with Crippen molar-refractivity contribution in [3.8, 4) is 0 Å². The first-order valence-electron chi connectivity index (χ1n) is 6.41. The maximum Gasteiger partial charge on any atom is 0.0776 e. The van der Waals surface area contributed by atoms with E-state index in [1.807, 2.05) is 23.1 Å². The van der Waals surface area contributed by atoms with E-state index in [1.54, 1.807) is 0 Å². The minimum absolute atomic E-state index is 0.170. The van der Waals surface area contributed by atoms with E-state index >= 15 is 0 Å². The van der Waals surface area contributed by atoms with Crippen LogP contribution >= 0.6 is 0 Å². The molecule has 1 aliphatic rings. The fourth-order valence-corrected chi connectivity index (χ4v) is 2.10. The summed E-state index contributed by atoms with van der Waals surface area (Å²) in [5, 5.41) is 7.71. The second kappa shape index (κ2) is 5.19. The zero-order valence-electron chi connectivity index (χ0n) is 11.0. The number of hydrogen-bond donors (Lipinski definition) is 1. The summed E-state index contributed by atoms with van der Waals surface area (Å²) in [4.78, 5) is 0. The zero-order chi connectivity index (χ0) is 12.3. The van der Waals surface area contributed by atoms with Crippen molar-refractivity contribution in [2.75, 3.05) is 6.54 Å². The van der Waals surface area contributed by atoms with Crippen LogP contribution in [0.1, 0.15) is 33.6 Å². The number of rotatable bonds is 4. The minimum Gasteiger partial charge on any atom is -0.372 e. The highest BCUT2D eigenvalue weighted by atomic mass is 16.5. The molecule has 1 aromatic heterocycles. The summed E-state index contributed by atoms with van der Waals surface area (Å²) in [6.07, 6.45) is 6.76. The van der Waals surface area contributed by atoms with Gasteiger partial charge >= 0.3 is 0 Å². The molecule has 0 aliphatic carbocycles.